The lowest BCUT2D eigenvalue weighted by molar-refractivity contribution is -0.109. The van der Waals surface area contributed by atoms with E-state index < -0.39 is 0 Å². The topological polar surface area (TPSA) is 69.8 Å². The molecule has 3 rings (SSSR count). The molecule has 0 unspecified atom stereocenters. The molecule has 2 heterocycles. The molecule has 0 radical (unpaired) electrons. The van der Waals surface area contributed by atoms with Crippen LogP contribution in [0.25, 0.3) is 11.3 Å². The number of nitrogens with one attached hydrogen (secondary N) is 3. The number of rotatable bonds is 4. The van der Waals surface area contributed by atoms with Gasteiger partial charge in [-0.15, -0.1) is 0 Å². The second-order valence-electron chi connectivity index (χ2n) is 4.63. The molecule has 1 aliphatic heterocycles. The largest absolute Gasteiger partial charge is 0.355 e. The van der Waals surface area contributed by atoms with Gasteiger partial charge in [0.15, 0.2) is 0 Å². The number of hydrogen-bond acceptors (Lipinski definition) is 3. The number of carbonyl (C=O) groups is 1. The van der Waals surface area contributed by atoms with Crippen molar-refractivity contribution in [2.45, 2.75) is 19.5 Å². The van der Waals surface area contributed by atoms with E-state index in [9.17, 15) is 4.79 Å². The molecule has 5 heteroatoms. The van der Waals surface area contributed by atoms with Gasteiger partial charge in [0, 0.05) is 24.8 Å². The van der Waals surface area contributed by atoms with Crippen LogP contribution in [0, 0.1) is 0 Å². The van der Waals surface area contributed by atoms with Gasteiger partial charge < -0.3 is 10.6 Å². The summed E-state index contributed by atoms with van der Waals surface area (Å²) in [6.07, 6.45) is 3.51. The van der Waals surface area contributed by atoms with Crippen molar-refractivity contribution in [3.05, 3.63) is 41.1 Å². The Bertz CT molecular complexity index is 577. The summed E-state index contributed by atoms with van der Waals surface area (Å²) in [6.45, 7) is 2.42. The maximum absolute atomic E-state index is 10.5. The van der Waals surface area contributed by atoms with Crippen LogP contribution < -0.4 is 10.6 Å². The first kappa shape index (κ1) is 11.9. The summed E-state index contributed by atoms with van der Waals surface area (Å²) in [5, 5.41) is 13.2. The van der Waals surface area contributed by atoms with E-state index in [1.165, 1.54) is 22.3 Å². The normalized spacial score (nSPS) is 13.9. The number of hydrogen-bond donors (Lipinski definition) is 3. The fraction of sp³-hybridized carbons (Fsp3) is 0.286. The van der Waals surface area contributed by atoms with E-state index in [0.29, 0.717) is 6.54 Å². The molecule has 0 bridgehead atoms. The van der Waals surface area contributed by atoms with E-state index in [4.69, 9.17) is 0 Å². The maximum atomic E-state index is 10.5. The van der Waals surface area contributed by atoms with Gasteiger partial charge in [-0.25, -0.2) is 0 Å². The van der Waals surface area contributed by atoms with Crippen LogP contribution in [0.4, 0.5) is 0 Å². The molecule has 2 aromatic rings. The van der Waals surface area contributed by atoms with Gasteiger partial charge in [-0.3, -0.25) is 9.89 Å². The van der Waals surface area contributed by atoms with E-state index in [-0.39, 0.29) is 0 Å². The molecular weight excluding hydrogens is 240 g/mol. The highest BCUT2D eigenvalue weighted by Gasteiger charge is 2.17. The number of carbonyl (C=O) groups excluding carboxylic acids is 1. The van der Waals surface area contributed by atoms with E-state index in [2.05, 4.69) is 33.0 Å². The van der Waals surface area contributed by atoms with E-state index in [0.717, 1.165) is 31.6 Å². The summed E-state index contributed by atoms with van der Waals surface area (Å²) in [5.74, 6) is 0. The minimum absolute atomic E-state index is 0.580. The quantitative estimate of drug-likeness (QED) is 0.714. The summed E-state index contributed by atoms with van der Waals surface area (Å²) in [6, 6.07) is 6.18. The number of aromatic nitrogens is 2. The standard InChI is InChI=1S/C14H16N4O/c19-9-16-7-10-1-2-12(14-4-6-17-18-14)11-3-5-15-8-13(10)11/h1-2,4,6,9,15H,3,5,7-8H2,(H,16,19)(H,17,18). The second-order valence-corrected chi connectivity index (χ2v) is 4.63. The van der Waals surface area contributed by atoms with Gasteiger partial charge in [-0.2, -0.15) is 5.10 Å². The Kier molecular flexibility index (Phi) is 3.29. The van der Waals surface area contributed by atoms with Gasteiger partial charge in [0.25, 0.3) is 0 Å². The predicted molar refractivity (Wildman–Crippen MR) is 72.3 cm³/mol. The van der Waals surface area contributed by atoms with Crippen LogP contribution in [-0.4, -0.2) is 23.2 Å². The first-order valence-electron chi connectivity index (χ1n) is 6.41. The Morgan fingerprint density at radius 2 is 2.26 bits per heavy atom. The van der Waals surface area contributed by atoms with E-state index >= 15 is 0 Å². The predicted octanol–water partition coefficient (Wildman–Crippen LogP) is 0.968. The highest BCUT2D eigenvalue weighted by Crippen LogP contribution is 2.29. The first-order chi connectivity index (χ1) is 9.40. The van der Waals surface area contributed by atoms with Crippen LogP contribution in [0.3, 0.4) is 0 Å². The molecule has 0 saturated carbocycles. The second kappa shape index (κ2) is 5.24. The summed E-state index contributed by atoms with van der Waals surface area (Å²) in [7, 11) is 0. The zero-order chi connectivity index (χ0) is 13.1. The smallest absolute Gasteiger partial charge is 0.207 e. The van der Waals surface area contributed by atoms with Crippen LogP contribution >= 0.6 is 0 Å². The minimum atomic E-state index is 0.580. The van der Waals surface area contributed by atoms with Crippen LogP contribution in [0.2, 0.25) is 0 Å². The van der Waals surface area contributed by atoms with Crippen molar-refractivity contribution in [1.29, 1.82) is 0 Å². The van der Waals surface area contributed by atoms with Gasteiger partial charge in [-0.1, -0.05) is 12.1 Å². The Morgan fingerprint density at radius 1 is 1.32 bits per heavy atom. The Balaban J connectivity index is 2.06. The molecule has 0 spiro atoms. The summed E-state index contributed by atoms with van der Waals surface area (Å²) >= 11 is 0. The number of amides is 1. The van der Waals surface area contributed by atoms with Gasteiger partial charge >= 0.3 is 0 Å². The van der Waals surface area contributed by atoms with Crippen LogP contribution in [0.15, 0.2) is 24.4 Å². The third-order valence-corrected chi connectivity index (χ3v) is 3.55. The monoisotopic (exact) mass is 256 g/mol. The van der Waals surface area contributed by atoms with Crippen molar-refractivity contribution in [2.75, 3.05) is 6.54 Å². The first-order valence-corrected chi connectivity index (χ1v) is 6.41. The zero-order valence-electron chi connectivity index (χ0n) is 10.6. The number of benzene rings is 1. The molecular formula is C14H16N4O. The molecule has 5 nitrogen and oxygen atoms in total. The molecule has 19 heavy (non-hydrogen) atoms. The van der Waals surface area contributed by atoms with E-state index in [1.54, 1.807) is 6.20 Å². The van der Waals surface area contributed by atoms with Crippen molar-refractivity contribution in [3.63, 3.8) is 0 Å². The molecule has 1 aromatic carbocycles. The van der Waals surface area contributed by atoms with Gasteiger partial charge in [-0.05, 0) is 35.7 Å². The Labute approximate surface area is 111 Å². The third kappa shape index (κ3) is 2.24. The van der Waals surface area contributed by atoms with Gasteiger partial charge in [0.2, 0.25) is 6.41 Å². The third-order valence-electron chi connectivity index (χ3n) is 3.55. The molecule has 0 fully saturated rings. The molecule has 0 aliphatic carbocycles. The van der Waals surface area contributed by atoms with E-state index in [1.807, 2.05) is 6.07 Å². The number of H-pyrrole nitrogens is 1. The number of fused-ring (bicyclic) bond motifs is 1. The summed E-state index contributed by atoms with van der Waals surface area (Å²) in [5.41, 5.74) is 6.09. The molecule has 1 aliphatic rings. The average molecular weight is 256 g/mol. The Morgan fingerprint density at radius 3 is 3.05 bits per heavy atom. The highest BCUT2D eigenvalue weighted by atomic mass is 16.1. The highest BCUT2D eigenvalue weighted by molar-refractivity contribution is 5.67. The minimum Gasteiger partial charge on any atom is -0.355 e. The van der Waals surface area contributed by atoms with Crippen molar-refractivity contribution < 1.29 is 4.79 Å². The molecule has 98 valence electrons. The van der Waals surface area contributed by atoms with Crippen LogP contribution in [0.1, 0.15) is 16.7 Å². The number of aromatic amines is 1. The van der Waals surface area contributed by atoms with Crippen molar-refractivity contribution in [3.8, 4) is 11.3 Å². The molecule has 1 amide bonds. The SMILES string of the molecule is O=CNCc1ccc(-c2ccn[nH]2)c2c1CNCC2. The van der Waals surface area contributed by atoms with Crippen molar-refractivity contribution in [2.24, 2.45) is 0 Å². The summed E-state index contributed by atoms with van der Waals surface area (Å²) < 4.78 is 0. The fourth-order valence-electron chi connectivity index (χ4n) is 2.65. The molecule has 0 atom stereocenters. The van der Waals surface area contributed by atoms with Crippen molar-refractivity contribution in [1.82, 2.24) is 20.8 Å². The zero-order valence-corrected chi connectivity index (χ0v) is 10.6. The van der Waals surface area contributed by atoms with Crippen LogP contribution in [0.5, 0.6) is 0 Å². The fourth-order valence-corrected chi connectivity index (χ4v) is 2.65. The number of nitrogens with zero attached hydrogens (tertiary/aromatic N) is 1. The van der Waals surface area contributed by atoms with Crippen molar-refractivity contribution >= 4 is 6.41 Å². The van der Waals surface area contributed by atoms with Gasteiger partial charge in [0.05, 0.1) is 5.69 Å². The van der Waals surface area contributed by atoms with Crippen LogP contribution in [-0.2, 0) is 24.3 Å². The Hall–Kier alpha value is -2.14. The maximum Gasteiger partial charge on any atom is 0.207 e. The lowest BCUT2D eigenvalue weighted by Gasteiger charge is -2.23. The molecule has 1 aromatic heterocycles. The summed E-state index contributed by atoms with van der Waals surface area (Å²) in [4.78, 5) is 10.5. The lowest BCUT2D eigenvalue weighted by Crippen LogP contribution is -2.26. The van der Waals surface area contributed by atoms with Gasteiger partial charge in [0.1, 0.15) is 0 Å². The molecule has 3 N–H and O–H groups in total. The lowest BCUT2D eigenvalue weighted by atomic mass is 9.90. The average Bonchev–Trinajstić information content (AvgIpc) is 2.98. The molecule has 0 saturated heterocycles.